The van der Waals surface area contributed by atoms with Crippen LogP contribution in [0.25, 0.3) is 5.82 Å². The number of piperazine rings is 1. The van der Waals surface area contributed by atoms with Gasteiger partial charge in [-0.3, -0.25) is 9.36 Å². The molecule has 0 N–H and O–H groups in total. The van der Waals surface area contributed by atoms with Crippen LogP contribution in [0.2, 0.25) is 0 Å². The second kappa shape index (κ2) is 6.91. The van der Waals surface area contributed by atoms with E-state index in [2.05, 4.69) is 15.2 Å². The summed E-state index contributed by atoms with van der Waals surface area (Å²) in [6.07, 6.45) is 4.65. The molecule has 0 spiro atoms. The van der Waals surface area contributed by atoms with E-state index in [1.165, 1.54) is 6.07 Å². The van der Waals surface area contributed by atoms with Gasteiger partial charge in [-0.25, -0.2) is 9.37 Å². The third-order valence-corrected chi connectivity index (χ3v) is 4.44. The highest BCUT2D eigenvalue weighted by Gasteiger charge is 2.23. The van der Waals surface area contributed by atoms with Gasteiger partial charge in [0.25, 0.3) is 5.91 Å². The first kappa shape index (κ1) is 16.2. The molecule has 4 rings (SSSR count). The Morgan fingerprint density at radius 1 is 0.962 bits per heavy atom. The predicted molar refractivity (Wildman–Crippen MR) is 93.7 cm³/mol. The number of benzene rings is 1. The zero-order valence-corrected chi connectivity index (χ0v) is 14.0. The van der Waals surface area contributed by atoms with Gasteiger partial charge in [0.1, 0.15) is 24.3 Å². The fourth-order valence-corrected chi connectivity index (χ4v) is 3.03. The van der Waals surface area contributed by atoms with Crippen molar-refractivity contribution < 1.29 is 9.18 Å². The zero-order chi connectivity index (χ0) is 17.9. The fourth-order valence-electron chi connectivity index (χ4n) is 3.03. The number of carbonyl (C=O) groups excluding carboxylic acids is 1. The summed E-state index contributed by atoms with van der Waals surface area (Å²) in [6, 6.07) is 10.2. The molecule has 0 bridgehead atoms. The summed E-state index contributed by atoms with van der Waals surface area (Å²) < 4.78 is 15.6. The maximum atomic E-state index is 13.9. The highest BCUT2D eigenvalue weighted by atomic mass is 19.1. The summed E-state index contributed by atoms with van der Waals surface area (Å²) in [5.74, 6) is 0.345. The van der Waals surface area contributed by atoms with Crippen LogP contribution < -0.4 is 4.90 Å². The van der Waals surface area contributed by atoms with Crippen molar-refractivity contribution in [1.82, 2.24) is 24.6 Å². The van der Waals surface area contributed by atoms with Gasteiger partial charge < -0.3 is 9.80 Å². The molecular formula is C18H17FN6O. The molecule has 1 aliphatic rings. The minimum Gasteiger partial charge on any atom is -0.366 e. The molecule has 3 aromatic rings. The lowest BCUT2D eigenvalue weighted by Crippen LogP contribution is -2.49. The van der Waals surface area contributed by atoms with E-state index in [1.807, 2.05) is 11.0 Å². The van der Waals surface area contributed by atoms with E-state index >= 15 is 0 Å². The molecule has 3 heterocycles. The number of rotatable bonds is 3. The third-order valence-electron chi connectivity index (χ3n) is 4.44. The van der Waals surface area contributed by atoms with Gasteiger partial charge >= 0.3 is 0 Å². The average molecular weight is 352 g/mol. The van der Waals surface area contributed by atoms with E-state index in [1.54, 1.807) is 52.6 Å². The van der Waals surface area contributed by atoms with E-state index < -0.39 is 0 Å². The van der Waals surface area contributed by atoms with E-state index in [4.69, 9.17) is 0 Å². The highest BCUT2D eigenvalue weighted by Crippen LogP contribution is 2.20. The highest BCUT2D eigenvalue weighted by molar-refractivity contribution is 5.94. The summed E-state index contributed by atoms with van der Waals surface area (Å²) in [7, 11) is 0. The Hall–Kier alpha value is -3.29. The monoisotopic (exact) mass is 352 g/mol. The Morgan fingerprint density at radius 2 is 1.69 bits per heavy atom. The molecule has 7 nitrogen and oxygen atoms in total. The molecule has 132 valence electrons. The van der Waals surface area contributed by atoms with Crippen molar-refractivity contribution in [1.29, 1.82) is 0 Å². The maximum Gasteiger partial charge on any atom is 0.255 e. The van der Waals surface area contributed by atoms with Crippen molar-refractivity contribution in [2.75, 3.05) is 31.1 Å². The molecule has 0 aliphatic carbocycles. The SMILES string of the molecule is O=C(c1ccc(-n2cnnc2)nc1)N1CCN(c2ccccc2F)CC1. The second-order valence-electron chi connectivity index (χ2n) is 6.00. The van der Waals surface area contributed by atoms with E-state index in [0.717, 1.165) is 0 Å². The number of para-hydroxylation sites is 1. The van der Waals surface area contributed by atoms with E-state index in [9.17, 15) is 9.18 Å². The standard InChI is InChI=1S/C18H17FN6O/c19-15-3-1-2-4-16(15)23-7-9-24(10-8-23)18(26)14-5-6-17(20-11-14)25-12-21-22-13-25/h1-6,11-13H,7-10H2. The molecule has 0 saturated carbocycles. The number of hydrogen-bond donors (Lipinski definition) is 0. The average Bonchev–Trinajstić information content (AvgIpc) is 3.23. The Balaban J connectivity index is 1.41. The van der Waals surface area contributed by atoms with Crippen LogP contribution in [0.1, 0.15) is 10.4 Å². The third kappa shape index (κ3) is 3.13. The van der Waals surface area contributed by atoms with Crippen LogP contribution in [-0.2, 0) is 0 Å². The minimum absolute atomic E-state index is 0.0685. The number of halogens is 1. The first-order valence-electron chi connectivity index (χ1n) is 8.32. The van der Waals surface area contributed by atoms with Crippen LogP contribution in [0.15, 0.2) is 55.2 Å². The summed E-state index contributed by atoms with van der Waals surface area (Å²) in [6.45, 7) is 2.28. The molecule has 1 aromatic carbocycles. The first-order valence-corrected chi connectivity index (χ1v) is 8.32. The largest absolute Gasteiger partial charge is 0.366 e. The van der Waals surface area contributed by atoms with Gasteiger partial charge in [0.2, 0.25) is 0 Å². The predicted octanol–water partition coefficient (Wildman–Crippen LogP) is 1.76. The van der Waals surface area contributed by atoms with Gasteiger partial charge in [0.15, 0.2) is 0 Å². The number of hydrogen-bond acceptors (Lipinski definition) is 5. The lowest BCUT2D eigenvalue weighted by Gasteiger charge is -2.36. The quantitative estimate of drug-likeness (QED) is 0.719. The maximum absolute atomic E-state index is 13.9. The van der Waals surface area contributed by atoms with Crippen LogP contribution in [0.5, 0.6) is 0 Å². The molecule has 26 heavy (non-hydrogen) atoms. The number of amides is 1. The Morgan fingerprint density at radius 3 is 2.35 bits per heavy atom. The fraction of sp³-hybridized carbons (Fsp3) is 0.222. The zero-order valence-electron chi connectivity index (χ0n) is 14.0. The van der Waals surface area contributed by atoms with Crippen molar-refractivity contribution in [3.8, 4) is 5.82 Å². The lowest BCUT2D eigenvalue weighted by molar-refractivity contribution is 0.0746. The number of pyridine rings is 1. The number of nitrogens with zero attached hydrogens (tertiary/aromatic N) is 6. The van der Waals surface area contributed by atoms with Gasteiger partial charge in [0.05, 0.1) is 11.3 Å². The van der Waals surface area contributed by atoms with Crippen molar-refractivity contribution in [2.45, 2.75) is 0 Å². The van der Waals surface area contributed by atoms with E-state index in [-0.39, 0.29) is 11.7 Å². The molecule has 1 amide bonds. The van der Waals surface area contributed by atoms with Crippen molar-refractivity contribution in [2.24, 2.45) is 0 Å². The molecule has 2 aromatic heterocycles. The van der Waals surface area contributed by atoms with Crippen LogP contribution in [0, 0.1) is 5.82 Å². The second-order valence-corrected chi connectivity index (χ2v) is 6.00. The van der Waals surface area contributed by atoms with Crippen molar-refractivity contribution in [3.63, 3.8) is 0 Å². The smallest absolute Gasteiger partial charge is 0.255 e. The summed E-state index contributed by atoms with van der Waals surface area (Å²) in [5.41, 5.74) is 1.11. The van der Waals surface area contributed by atoms with Gasteiger partial charge in [-0.1, -0.05) is 12.1 Å². The number of carbonyl (C=O) groups is 1. The van der Waals surface area contributed by atoms with Gasteiger partial charge in [-0.15, -0.1) is 10.2 Å². The van der Waals surface area contributed by atoms with Crippen LogP contribution in [0.3, 0.4) is 0 Å². The van der Waals surface area contributed by atoms with Gasteiger partial charge in [-0.2, -0.15) is 0 Å². The van der Waals surface area contributed by atoms with E-state index in [0.29, 0.717) is 43.2 Å². The summed E-state index contributed by atoms with van der Waals surface area (Å²) in [4.78, 5) is 20.7. The molecule has 1 saturated heterocycles. The Labute approximate surface area is 149 Å². The van der Waals surface area contributed by atoms with Gasteiger partial charge in [-0.05, 0) is 24.3 Å². The molecule has 1 fully saturated rings. The molecule has 1 aliphatic heterocycles. The lowest BCUT2D eigenvalue weighted by atomic mass is 10.2. The van der Waals surface area contributed by atoms with Crippen molar-refractivity contribution >= 4 is 11.6 Å². The van der Waals surface area contributed by atoms with Crippen LogP contribution in [0.4, 0.5) is 10.1 Å². The molecule has 0 radical (unpaired) electrons. The Bertz CT molecular complexity index is 888. The molecule has 8 heteroatoms. The van der Waals surface area contributed by atoms with Crippen LogP contribution >= 0.6 is 0 Å². The topological polar surface area (TPSA) is 67.2 Å². The first-order chi connectivity index (χ1) is 12.7. The van der Waals surface area contributed by atoms with Gasteiger partial charge in [0, 0.05) is 32.4 Å². The van der Waals surface area contributed by atoms with Crippen molar-refractivity contribution in [3.05, 3.63) is 66.6 Å². The number of aromatic nitrogens is 4. The molecule has 0 atom stereocenters. The summed E-state index contributed by atoms with van der Waals surface area (Å²) >= 11 is 0. The summed E-state index contributed by atoms with van der Waals surface area (Å²) in [5, 5.41) is 7.47. The Kier molecular flexibility index (Phi) is 4.30. The van der Waals surface area contributed by atoms with Crippen LogP contribution in [-0.4, -0.2) is 56.7 Å². The molecule has 0 unspecified atom stereocenters. The minimum atomic E-state index is -0.235. The number of anilines is 1. The molecular weight excluding hydrogens is 335 g/mol. The normalized spacial score (nSPS) is 14.5.